The lowest BCUT2D eigenvalue weighted by Gasteiger charge is -2.49. The molecule has 0 spiro atoms. The quantitative estimate of drug-likeness (QED) is 0.0450. The number of carboxylic acid groups (broad SMARTS) is 2. The van der Waals surface area contributed by atoms with Crippen LogP contribution in [0.4, 0.5) is 5.13 Å². The number of anilines is 1. The Morgan fingerprint density at radius 2 is 2.04 bits per heavy atom. The summed E-state index contributed by atoms with van der Waals surface area (Å²) in [5.74, 6) is -5.46. The Labute approximate surface area is 268 Å². The van der Waals surface area contributed by atoms with Crippen LogP contribution >= 0.6 is 34.9 Å². The Morgan fingerprint density at radius 3 is 2.72 bits per heavy atom. The molecule has 2 amide bonds. The van der Waals surface area contributed by atoms with Crippen LogP contribution in [0.5, 0.6) is 0 Å². The van der Waals surface area contributed by atoms with Gasteiger partial charge in [-0.05, 0) is 30.7 Å². The monoisotopic (exact) mass is 685 g/mol. The van der Waals surface area contributed by atoms with E-state index in [1.807, 2.05) is 0 Å². The number of hydrogen-bond acceptors (Lipinski definition) is 16. The molecular formula is C25H19N9O9S3. The number of carboxylic acids is 2. The Hall–Kier alpha value is -5.28. The number of nitrogens with two attached hydrogens (primary N) is 1. The van der Waals surface area contributed by atoms with Crippen molar-refractivity contribution in [2.24, 2.45) is 5.16 Å². The first kappa shape index (κ1) is 30.7. The summed E-state index contributed by atoms with van der Waals surface area (Å²) < 4.78 is 6.21. The number of aromatic carboxylic acids is 1. The summed E-state index contributed by atoms with van der Waals surface area (Å²) in [4.78, 5) is 80.6. The highest BCUT2D eigenvalue weighted by atomic mass is 32.2. The predicted molar refractivity (Wildman–Crippen MR) is 160 cm³/mol. The number of oxime groups is 1. The zero-order chi connectivity index (χ0) is 32.7. The molecule has 4 aromatic rings. The van der Waals surface area contributed by atoms with Crippen molar-refractivity contribution in [1.29, 1.82) is 0 Å². The zero-order valence-electron chi connectivity index (χ0n) is 23.1. The minimum absolute atomic E-state index is 0.0130. The van der Waals surface area contributed by atoms with E-state index in [0.29, 0.717) is 16.3 Å². The summed E-state index contributed by atoms with van der Waals surface area (Å²) in [7, 11) is 0. The number of nitrogens with zero attached hydrogens (tertiary/aromatic N) is 7. The third-order valence-electron chi connectivity index (χ3n) is 6.45. The topological polar surface area (TPSA) is 258 Å². The predicted octanol–water partition coefficient (Wildman–Crippen LogP) is 0.855. The number of nitrogens with one attached hydrogen (secondary N) is 1. The molecule has 0 radical (unpaired) electrons. The number of carbonyl (C=O) groups is 5. The summed E-state index contributed by atoms with van der Waals surface area (Å²) in [5, 5.41) is 30.7. The number of aliphatic carboxylic acids is 1. The van der Waals surface area contributed by atoms with E-state index in [0.717, 1.165) is 16.2 Å². The van der Waals surface area contributed by atoms with Gasteiger partial charge in [-0.1, -0.05) is 5.16 Å². The Morgan fingerprint density at radius 1 is 1.24 bits per heavy atom. The lowest BCUT2D eigenvalue weighted by atomic mass is 10.0. The summed E-state index contributed by atoms with van der Waals surface area (Å²) in [6.45, 7) is 1.69. The van der Waals surface area contributed by atoms with Crippen molar-refractivity contribution in [1.82, 2.24) is 34.8 Å². The molecule has 4 aromatic heterocycles. The number of hydrogen-bond donors (Lipinski definition) is 4. The van der Waals surface area contributed by atoms with Crippen molar-refractivity contribution >= 4 is 81.2 Å². The van der Waals surface area contributed by atoms with Gasteiger partial charge in [0.1, 0.15) is 27.8 Å². The van der Waals surface area contributed by atoms with Crippen LogP contribution in [0.1, 0.15) is 32.6 Å². The van der Waals surface area contributed by atoms with Crippen molar-refractivity contribution < 1.29 is 43.4 Å². The molecule has 236 valence electrons. The molecule has 1 saturated heterocycles. The lowest BCUT2D eigenvalue weighted by Crippen LogP contribution is -2.71. The number of thiazole rings is 1. The number of rotatable bonds is 10. The van der Waals surface area contributed by atoms with Crippen LogP contribution in [0, 0.1) is 6.92 Å². The molecule has 2 unspecified atom stereocenters. The Balaban J connectivity index is 1.20. The molecule has 1 fully saturated rings. The van der Waals surface area contributed by atoms with E-state index in [2.05, 4.69) is 30.5 Å². The van der Waals surface area contributed by atoms with Gasteiger partial charge in [-0.3, -0.25) is 14.5 Å². The molecule has 2 aliphatic heterocycles. The molecule has 18 nitrogen and oxygen atoms in total. The molecule has 2 atom stereocenters. The summed E-state index contributed by atoms with van der Waals surface area (Å²) in [6.07, 6.45) is 1.25. The van der Waals surface area contributed by atoms with Crippen LogP contribution in [0.2, 0.25) is 0 Å². The number of β-lactam (4-membered cyclic amide) rings is 1. The number of thioether (sulfide) groups is 2. The minimum Gasteiger partial charge on any atom is -0.477 e. The molecule has 2 aliphatic rings. The van der Waals surface area contributed by atoms with Crippen LogP contribution in [-0.4, -0.2) is 98.0 Å². The third-order valence-corrected chi connectivity index (χ3v) is 9.54. The fraction of sp³-hybridized carbons (Fsp3) is 0.200. The van der Waals surface area contributed by atoms with Crippen LogP contribution in [0.15, 0.2) is 55.7 Å². The van der Waals surface area contributed by atoms with E-state index in [4.69, 9.17) is 15.0 Å². The van der Waals surface area contributed by atoms with Crippen LogP contribution < -0.4 is 11.1 Å². The van der Waals surface area contributed by atoms with E-state index >= 15 is 0 Å². The highest BCUT2D eigenvalue weighted by molar-refractivity contribution is 8.01. The van der Waals surface area contributed by atoms with Crippen LogP contribution in [0.3, 0.4) is 0 Å². The summed E-state index contributed by atoms with van der Waals surface area (Å²) >= 11 is 3.41. The number of aryl methyl sites for hydroxylation is 1. The normalized spacial score (nSPS) is 17.9. The molecule has 0 aliphatic carbocycles. The Kier molecular flexibility index (Phi) is 8.19. The second kappa shape index (κ2) is 12.3. The van der Waals surface area contributed by atoms with Crippen molar-refractivity contribution in [3.8, 4) is 0 Å². The number of aromatic nitrogens is 5. The molecular weight excluding hydrogens is 667 g/mol. The van der Waals surface area contributed by atoms with Crippen molar-refractivity contribution in [2.75, 3.05) is 17.2 Å². The van der Waals surface area contributed by atoms with E-state index in [1.54, 1.807) is 13.0 Å². The van der Waals surface area contributed by atoms with Gasteiger partial charge in [-0.15, -0.1) is 40.0 Å². The van der Waals surface area contributed by atoms with Gasteiger partial charge >= 0.3 is 17.9 Å². The van der Waals surface area contributed by atoms with Gasteiger partial charge in [-0.25, -0.2) is 24.4 Å². The minimum atomic E-state index is -1.34. The van der Waals surface area contributed by atoms with Gasteiger partial charge in [0.25, 0.3) is 23.4 Å². The molecule has 0 aromatic carbocycles. The molecule has 0 bridgehead atoms. The number of fused-ring (bicyclic) bond motifs is 2. The first-order valence-corrected chi connectivity index (χ1v) is 15.8. The zero-order valence-corrected chi connectivity index (χ0v) is 25.6. The largest absolute Gasteiger partial charge is 0.477 e. The van der Waals surface area contributed by atoms with Crippen LogP contribution in [-0.2, 0) is 19.2 Å². The van der Waals surface area contributed by atoms with Crippen molar-refractivity contribution in [3.63, 3.8) is 0 Å². The molecule has 21 heteroatoms. The first-order chi connectivity index (χ1) is 22.0. The van der Waals surface area contributed by atoms with Gasteiger partial charge in [-0.2, -0.15) is 9.50 Å². The van der Waals surface area contributed by atoms with E-state index in [1.165, 1.54) is 51.8 Å². The molecule has 0 saturated carbocycles. The second-order valence-electron chi connectivity index (χ2n) is 9.46. The van der Waals surface area contributed by atoms with Gasteiger partial charge in [0.05, 0.1) is 6.26 Å². The average molecular weight is 686 g/mol. The SMILES string of the molecule is Cc1cc(SCC2=C(C(=O)O)N3C(=O)C(NC(=O)C(=NOC(=O)c4ccco4)c4csc(N)n4)C3SC2)n2nc(C(=O)O)nc2n1. The van der Waals surface area contributed by atoms with Crippen molar-refractivity contribution in [3.05, 3.63) is 64.1 Å². The summed E-state index contributed by atoms with van der Waals surface area (Å²) in [6, 6.07) is 3.32. The maximum absolute atomic E-state index is 13.3. The first-order valence-electron chi connectivity index (χ1n) is 12.9. The number of nitrogen functional groups attached to an aromatic ring is 1. The number of carbonyl (C=O) groups excluding carboxylic acids is 3. The van der Waals surface area contributed by atoms with E-state index in [-0.39, 0.29) is 39.6 Å². The Bertz CT molecular complexity index is 1990. The fourth-order valence-electron chi connectivity index (χ4n) is 4.44. The summed E-state index contributed by atoms with van der Waals surface area (Å²) in [5.41, 5.74) is 5.98. The van der Waals surface area contributed by atoms with Crippen molar-refractivity contribution in [2.45, 2.75) is 23.4 Å². The van der Waals surface area contributed by atoms with E-state index in [9.17, 15) is 34.2 Å². The maximum Gasteiger partial charge on any atom is 0.400 e. The highest BCUT2D eigenvalue weighted by Gasteiger charge is 2.54. The molecule has 6 heterocycles. The number of furan rings is 1. The maximum atomic E-state index is 13.3. The second-order valence-corrected chi connectivity index (χ2v) is 12.5. The van der Waals surface area contributed by atoms with Gasteiger partial charge in [0, 0.05) is 22.6 Å². The van der Waals surface area contributed by atoms with E-state index < -0.39 is 52.7 Å². The molecule has 6 rings (SSSR count). The molecule has 5 N–H and O–H groups in total. The smallest absolute Gasteiger partial charge is 0.400 e. The fourth-order valence-corrected chi connectivity index (χ4v) is 7.52. The van der Waals surface area contributed by atoms with Gasteiger partial charge < -0.3 is 30.5 Å². The lowest BCUT2D eigenvalue weighted by molar-refractivity contribution is -0.150. The van der Waals surface area contributed by atoms with Gasteiger partial charge in [0.2, 0.25) is 5.76 Å². The van der Waals surface area contributed by atoms with Gasteiger partial charge in [0.15, 0.2) is 10.8 Å². The third kappa shape index (κ3) is 5.77. The highest BCUT2D eigenvalue weighted by Crippen LogP contribution is 2.41. The average Bonchev–Trinajstić information content (AvgIpc) is 3.79. The number of amides is 2. The standard InChI is InChI=1S/C25H19N9O9S3/c1-9-5-13(34-25(27-9)30-17(31-34)22(39)40)44-6-10-7-45-20-15(19(36)33(20)16(10)21(37)38)29-18(35)14(11-8-46-24(26)28-11)32-43-23(41)12-3-2-4-42-12/h2-5,8,15,20H,6-7H2,1H3,(H2,26,28)(H,29,35)(H,37,38)(H,39,40). The molecule has 46 heavy (non-hydrogen) atoms. The van der Waals surface area contributed by atoms with Crippen LogP contribution in [0.25, 0.3) is 5.78 Å².